The Morgan fingerprint density at radius 1 is 1.17 bits per heavy atom. The van der Waals surface area contributed by atoms with Crippen molar-refractivity contribution in [2.75, 3.05) is 13.2 Å². The van der Waals surface area contributed by atoms with E-state index in [1.807, 2.05) is 37.3 Å². The average molecular weight is 621 g/mol. The van der Waals surface area contributed by atoms with Crippen LogP contribution in [0.2, 0.25) is 0 Å². The Morgan fingerprint density at radius 3 is 2.53 bits per heavy atom. The number of esters is 1. The van der Waals surface area contributed by atoms with Crippen molar-refractivity contribution in [3.63, 3.8) is 0 Å². The zero-order chi connectivity index (χ0) is 26.2. The van der Waals surface area contributed by atoms with Gasteiger partial charge in [-0.3, -0.25) is 19.3 Å². The molecular weight excluding hydrogens is 593 g/mol. The Morgan fingerprint density at radius 2 is 1.89 bits per heavy atom. The number of carbonyl (C=O) groups is 3. The number of allylic oxidation sites excluding steroid dienone is 1. The minimum Gasteiger partial charge on any atom is -0.490 e. The quantitative estimate of drug-likeness (QED) is 0.132. The molecule has 3 rings (SSSR count). The maximum Gasteiger partial charge on any atom is 0.326 e. The molecule has 0 aromatic heterocycles. The third kappa shape index (κ3) is 7.36. The van der Waals surface area contributed by atoms with E-state index in [-0.39, 0.29) is 11.0 Å². The van der Waals surface area contributed by atoms with Gasteiger partial charge in [0.05, 0.1) is 17.6 Å². The monoisotopic (exact) mass is 621 g/mol. The van der Waals surface area contributed by atoms with Crippen LogP contribution < -0.4 is 9.47 Å². The third-order valence-corrected chi connectivity index (χ3v) is 6.57. The number of carbonyl (C=O) groups excluding carboxylic acids is 3. The van der Waals surface area contributed by atoms with Crippen molar-refractivity contribution in [1.29, 1.82) is 0 Å². The molecule has 2 aromatic carbocycles. The number of thioether (sulfide) groups is 1. The first-order chi connectivity index (χ1) is 17.2. The van der Waals surface area contributed by atoms with E-state index in [0.717, 1.165) is 31.4 Å². The molecule has 0 aliphatic carbocycles. The fourth-order valence-electron chi connectivity index (χ4n) is 3.45. The summed E-state index contributed by atoms with van der Waals surface area (Å²) in [7, 11) is 0. The van der Waals surface area contributed by atoms with E-state index in [9.17, 15) is 14.4 Å². The summed E-state index contributed by atoms with van der Waals surface area (Å²) in [4.78, 5) is 38.3. The number of nitrogens with zero attached hydrogens (tertiary/aromatic N) is 1. The van der Waals surface area contributed by atoms with Gasteiger partial charge in [-0.2, -0.15) is 0 Å². The number of ether oxygens (including phenoxy) is 3. The Kier molecular flexibility index (Phi) is 10.0. The molecule has 2 aromatic rings. The SMILES string of the molecule is C=CCc1cc(/C=C2/SC(=O)N(CC(=O)OC(C)C)C2=O)cc(OCC)c1OCc1ccc(I)cc1. The largest absolute Gasteiger partial charge is 0.490 e. The summed E-state index contributed by atoms with van der Waals surface area (Å²) >= 11 is 3.04. The molecule has 1 fully saturated rings. The van der Waals surface area contributed by atoms with E-state index in [1.54, 1.807) is 32.1 Å². The first-order valence-electron chi connectivity index (χ1n) is 11.4. The maximum absolute atomic E-state index is 12.8. The molecular formula is C27H28INO6S. The topological polar surface area (TPSA) is 82.1 Å². The van der Waals surface area contributed by atoms with E-state index in [4.69, 9.17) is 14.2 Å². The van der Waals surface area contributed by atoms with Gasteiger partial charge in [0.1, 0.15) is 13.2 Å². The normalized spacial score (nSPS) is 14.5. The molecule has 36 heavy (non-hydrogen) atoms. The zero-order valence-corrected chi connectivity index (χ0v) is 23.4. The summed E-state index contributed by atoms with van der Waals surface area (Å²) in [6, 6.07) is 11.7. The number of benzene rings is 2. The van der Waals surface area contributed by atoms with Crippen molar-refractivity contribution in [3.05, 3.63) is 74.2 Å². The summed E-state index contributed by atoms with van der Waals surface area (Å²) in [6.45, 7) is 9.51. The molecule has 0 unspecified atom stereocenters. The van der Waals surface area contributed by atoms with Crippen molar-refractivity contribution in [1.82, 2.24) is 4.90 Å². The van der Waals surface area contributed by atoms with Crippen molar-refractivity contribution in [2.24, 2.45) is 0 Å². The first-order valence-corrected chi connectivity index (χ1v) is 13.3. The minimum atomic E-state index is -0.630. The van der Waals surface area contributed by atoms with E-state index in [1.165, 1.54) is 0 Å². The Balaban J connectivity index is 1.88. The van der Waals surface area contributed by atoms with Gasteiger partial charge in [0.25, 0.3) is 11.1 Å². The van der Waals surface area contributed by atoms with Crippen LogP contribution in [-0.2, 0) is 27.4 Å². The van der Waals surface area contributed by atoms with Crippen molar-refractivity contribution in [3.8, 4) is 11.5 Å². The van der Waals surface area contributed by atoms with Crippen LogP contribution >= 0.6 is 34.4 Å². The molecule has 7 nitrogen and oxygen atoms in total. The summed E-state index contributed by atoms with van der Waals surface area (Å²) in [5.74, 6) is -0.0200. The highest BCUT2D eigenvalue weighted by atomic mass is 127. The number of hydrogen-bond acceptors (Lipinski definition) is 7. The van der Waals surface area contributed by atoms with Crippen LogP contribution in [0.25, 0.3) is 6.08 Å². The van der Waals surface area contributed by atoms with Crippen LogP contribution in [0.1, 0.15) is 37.5 Å². The second-order valence-corrected chi connectivity index (χ2v) is 10.4. The highest BCUT2D eigenvalue weighted by Gasteiger charge is 2.37. The van der Waals surface area contributed by atoms with Crippen molar-refractivity contribution < 1.29 is 28.6 Å². The van der Waals surface area contributed by atoms with Crippen molar-refractivity contribution >= 4 is 57.5 Å². The summed E-state index contributed by atoms with van der Waals surface area (Å²) in [5.41, 5.74) is 2.54. The third-order valence-electron chi connectivity index (χ3n) is 4.94. The predicted octanol–water partition coefficient (Wildman–Crippen LogP) is 5.99. The van der Waals surface area contributed by atoms with Gasteiger partial charge in [0.15, 0.2) is 11.5 Å². The highest BCUT2D eigenvalue weighted by Crippen LogP contribution is 2.37. The van der Waals surface area contributed by atoms with Gasteiger partial charge in [0.2, 0.25) is 0 Å². The molecule has 1 aliphatic rings. The number of amides is 2. The molecule has 0 saturated carbocycles. The molecule has 0 N–H and O–H groups in total. The smallest absolute Gasteiger partial charge is 0.326 e. The van der Waals surface area contributed by atoms with Gasteiger partial charge >= 0.3 is 5.97 Å². The molecule has 0 atom stereocenters. The van der Waals surface area contributed by atoms with Gasteiger partial charge in [-0.25, -0.2) is 0 Å². The molecule has 1 aliphatic heterocycles. The van der Waals surface area contributed by atoms with Gasteiger partial charge < -0.3 is 14.2 Å². The van der Waals surface area contributed by atoms with Crippen LogP contribution in [-0.4, -0.2) is 41.3 Å². The number of rotatable bonds is 11. The average Bonchev–Trinajstić information content (AvgIpc) is 3.07. The van der Waals surface area contributed by atoms with Gasteiger partial charge in [-0.05, 0) is 103 Å². The molecule has 0 spiro atoms. The molecule has 0 radical (unpaired) electrons. The van der Waals surface area contributed by atoms with Gasteiger partial charge in [0, 0.05) is 9.13 Å². The second kappa shape index (κ2) is 13.0. The van der Waals surface area contributed by atoms with Gasteiger partial charge in [-0.1, -0.05) is 18.2 Å². The van der Waals surface area contributed by atoms with E-state index >= 15 is 0 Å². The molecule has 190 valence electrons. The van der Waals surface area contributed by atoms with E-state index in [0.29, 0.717) is 36.7 Å². The fourth-order valence-corrected chi connectivity index (χ4v) is 4.65. The standard InChI is InChI=1S/C27H28INO6S/c1-5-7-20-12-19(14-23-26(31)29(27(32)36-23)15-24(30)35-17(3)4)13-22(33-6-2)25(20)34-16-18-8-10-21(28)11-9-18/h5,8-14,17H,1,6-7,15-16H2,2-4H3/b23-14+. The lowest BCUT2D eigenvalue weighted by Gasteiger charge is -2.17. The lowest BCUT2D eigenvalue weighted by molar-refractivity contribution is -0.149. The Hall–Kier alpha value is -2.79. The molecule has 2 amide bonds. The van der Waals surface area contributed by atoms with Crippen LogP contribution in [0.5, 0.6) is 11.5 Å². The minimum absolute atomic E-state index is 0.219. The highest BCUT2D eigenvalue weighted by molar-refractivity contribution is 14.1. The van der Waals surface area contributed by atoms with Gasteiger partial charge in [-0.15, -0.1) is 6.58 Å². The molecule has 9 heteroatoms. The van der Waals surface area contributed by atoms with Crippen LogP contribution in [0, 0.1) is 3.57 Å². The fraction of sp³-hybridized carbons (Fsp3) is 0.296. The van der Waals surface area contributed by atoms with Crippen LogP contribution in [0.15, 0.2) is 54.0 Å². The Labute approximate surface area is 229 Å². The second-order valence-electron chi connectivity index (χ2n) is 8.15. The summed E-state index contributed by atoms with van der Waals surface area (Å²) in [6.07, 6.45) is 3.57. The number of imide groups is 1. The van der Waals surface area contributed by atoms with Crippen molar-refractivity contribution in [2.45, 2.75) is 39.9 Å². The van der Waals surface area contributed by atoms with Crippen LogP contribution in [0.3, 0.4) is 0 Å². The number of halogens is 1. The lowest BCUT2D eigenvalue weighted by atomic mass is 10.0. The van der Waals surface area contributed by atoms with E-state index < -0.39 is 23.7 Å². The lowest BCUT2D eigenvalue weighted by Crippen LogP contribution is -2.35. The zero-order valence-electron chi connectivity index (χ0n) is 20.4. The molecule has 1 saturated heterocycles. The summed E-state index contributed by atoms with van der Waals surface area (Å²) in [5, 5.41) is -0.513. The van der Waals surface area contributed by atoms with E-state index in [2.05, 4.69) is 29.2 Å². The summed E-state index contributed by atoms with van der Waals surface area (Å²) < 4.78 is 18.3. The first kappa shape index (κ1) is 27.8. The Bertz CT molecular complexity index is 1180. The predicted molar refractivity (Wildman–Crippen MR) is 149 cm³/mol. The molecule has 0 bridgehead atoms. The maximum atomic E-state index is 12.8. The number of hydrogen-bond donors (Lipinski definition) is 0. The molecule has 1 heterocycles. The van der Waals surface area contributed by atoms with Crippen LogP contribution in [0.4, 0.5) is 4.79 Å².